The van der Waals surface area contributed by atoms with Crippen molar-refractivity contribution in [3.05, 3.63) is 24.3 Å². The quantitative estimate of drug-likeness (QED) is 0.447. The van der Waals surface area contributed by atoms with Crippen molar-refractivity contribution in [2.24, 2.45) is 11.3 Å². The van der Waals surface area contributed by atoms with Crippen molar-refractivity contribution >= 4 is 0 Å². The summed E-state index contributed by atoms with van der Waals surface area (Å²) in [7, 11) is 0. The van der Waals surface area contributed by atoms with Gasteiger partial charge in [0.05, 0.1) is 0 Å². The average Bonchev–Trinajstić information content (AvgIpc) is 2.11. The fraction of sp³-hybridized carbons (Fsp3) is 0.600. The van der Waals surface area contributed by atoms with E-state index in [9.17, 15) is 0 Å². The Labute approximate surface area is 62.6 Å². The van der Waals surface area contributed by atoms with Crippen LogP contribution in [0.4, 0.5) is 0 Å². The lowest BCUT2D eigenvalue weighted by Crippen LogP contribution is -2.08. The van der Waals surface area contributed by atoms with Crippen LogP contribution in [0.3, 0.4) is 0 Å². The van der Waals surface area contributed by atoms with Crippen LogP contribution in [0, 0.1) is 11.3 Å². The Morgan fingerprint density at radius 3 is 3.20 bits per heavy atom. The molecule has 0 N–H and O–H groups in total. The Hall–Kier alpha value is -0.520. The fourth-order valence-corrected chi connectivity index (χ4v) is 2.04. The molecule has 0 heteroatoms. The predicted octanol–water partition coefficient (Wildman–Crippen LogP) is 2.92. The van der Waals surface area contributed by atoms with E-state index in [0.717, 1.165) is 5.92 Å². The summed E-state index contributed by atoms with van der Waals surface area (Å²) in [6.45, 7) is 2.36. The topological polar surface area (TPSA) is 0 Å². The first kappa shape index (κ1) is 6.21. The van der Waals surface area contributed by atoms with Gasteiger partial charge >= 0.3 is 0 Å². The molecule has 0 aromatic rings. The lowest BCUT2D eigenvalue weighted by atomic mass is 9.85. The van der Waals surface area contributed by atoms with E-state index in [2.05, 4.69) is 31.2 Å². The minimum absolute atomic E-state index is 0.512. The molecule has 0 radical (unpaired) electrons. The third-order valence-corrected chi connectivity index (χ3v) is 2.69. The highest BCUT2D eigenvalue weighted by atomic mass is 14.3. The molecule has 0 saturated heterocycles. The predicted molar refractivity (Wildman–Crippen MR) is 43.7 cm³/mol. The van der Waals surface area contributed by atoms with Crippen LogP contribution in [0.25, 0.3) is 0 Å². The van der Waals surface area contributed by atoms with Crippen LogP contribution in [0.15, 0.2) is 24.3 Å². The monoisotopic (exact) mass is 134 g/mol. The van der Waals surface area contributed by atoms with Gasteiger partial charge in [-0.15, -0.1) is 0 Å². The zero-order chi connectivity index (χ0) is 7.03. The van der Waals surface area contributed by atoms with E-state index in [1.165, 1.54) is 19.3 Å². The second-order valence-corrected chi connectivity index (χ2v) is 3.89. The Kier molecular flexibility index (Phi) is 1.23. The van der Waals surface area contributed by atoms with Crippen molar-refractivity contribution in [1.29, 1.82) is 0 Å². The number of hydrogen-bond donors (Lipinski definition) is 0. The van der Waals surface area contributed by atoms with Crippen LogP contribution in [-0.2, 0) is 0 Å². The molecule has 0 heterocycles. The first-order valence-corrected chi connectivity index (χ1v) is 4.13. The summed E-state index contributed by atoms with van der Waals surface area (Å²) >= 11 is 0. The second kappa shape index (κ2) is 1.98. The Bertz CT molecular complexity index is 188. The van der Waals surface area contributed by atoms with Gasteiger partial charge in [0.25, 0.3) is 0 Å². The highest BCUT2D eigenvalue weighted by Gasteiger charge is 2.29. The molecule has 0 amide bonds. The highest BCUT2D eigenvalue weighted by Crippen LogP contribution is 2.41. The Morgan fingerprint density at radius 1 is 1.40 bits per heavy atom. The van der Waals surface area contributed by atoms with Crippen molar-refractivity contribution in [3.63, 3.8) is 0 Å². The van der Waals surface area contributed by atoms with Gasteiger partial charge in [0.2, 0.25) is 0 Å². The molecule has 2 aliphatic carbocycles. The summed E-state index contributed by atoms with van der Waals surface area (Å²) in [4.78, 5) is 0. The summed E-state index contributed by atoms with van der Waals surface area (Å²) in [6, 6.07) is 0. The molecule has 0 spiro atoms. The summed E-state index contributed by atoms with van der Waals surface area (Å²) < 4.78 is 0. The van der Waals surface area contributed by atoms with Crippen LogP contribution < -0.4 is 0 Å². The van der Waals surface area contributed by atoms with E-state index in [1.54, 1.807) is 0 Å². The van der Waals surface area contributed by atoms with Crippen LogP contribution in [-0.4, -0.2) is 0 Å². The van der Waals surface area contributed by atoms with Crippen LogP contribution in [0.5, 0.6) is 0 Å². The van der Waals surface area contributed by atoms with Crippen LogP contribution >= 0.6 is 0 Å². The fourth-order valence-electron chi connectivity index (χ4n) is 2.04. The van der Waals surface area contributed by atoms with E-state index < -0.39 is 0 Å². The molecule has 10 heavy (non-hydrogen) atoms. The normalized spacial score (nSPS) is 43.9. The van der Waals surface area contributed by atoms with Gasteiger partial charge in [-0.3, -0.25) is 0 Å². The maximum absolute atomic E-state index is 2.40. The maximum Gasteiger partial charge on any atom is -0.0106 e. The lowest BCUT2D eigenvalue weighted by molar-refractivity contribution is 0.386. The van der Waals surface area contributed by atoms with Crippen molar-refractivity contribution in [1.82, 2.24) is 0 Å². The van der Waals surface area contributed by atoms with E-state index >= 15 is 0 Å². The number of fused-ring (bicyclic) bond motifs is 2. The Morgan fingerprint density at radius 2 is 2.30 bits per heavy atom. The molecule has 0 fully saturated rings. The second-order valence-electron chi connectivity index (χ2n) is 3.89. The SMILES string of the molecule is CC12C=CC(CC=CC1)C2. The largest absolute Gasteiger partial charge is 0.0879 e. The molecule has 0 saturated carbocycles. The summed E-state index contributed by atoms with van der Waals surface area (Å²) in [5, 5.41) is 0. The summed E-state index contributed by atoms with van der Waals surface area (Å²) in [6.07, 6.45) is 13.4. The molecule has 54 valence electrons. The smallest absolute Gasteiger partial charge is 0.0106 e. The van der Waals surface area contributed by atoms with Gasteiger partial charge in [-0.2, -0.15) is 0 Å². The molecule has 2 atom stereocenters. The molecule has 0 aliphatic heterocycles. The summed E-state index contributed by atoms with van der Waals surface area (Å²) in [5.74, 6) is 0.851. The van der Waals surface area contributed by atoms with Crippen LogP contribution in [0.1, 0.15) is 26.2 Å². The zero-order valence-electron chi connectivity index (χ0n) is 6.51. The summed E-state index contributed by atoms with van der Waals surface area (Å²) in [5.41, 5.74) is 0.512. The van der Waals surface area contributed by atoms with Crippen molar-refractivity contribution < 1.29 is 0 Å². The van der Waals surface area contributed by atoms with Gasteiger partial charge in [0.1, 0.15) is 0 Å². The van der Waals surface area contributed by atoms with Crippen molar-refractivity contribution in [2.45, 2.75) is 26.2 Å². The van der Waals surface area contributed by atoms with E-state index in [0.29, 0.717) is 5.41 Å². The van der Waals surface area contributed by atoms with Crippen LogP contribution in [0.2, 0.25) is 0 Å². The van der Waals surface area contributed by atoms with Gasteiger partial charge in [-0.25, -0.2) is 0 Å². The van der Waals surface area contributed by atoms with Gasteiger partial charge in [0, 0.05) is 0 Å². The average molecular weight is 134 g/mol. The van der Waals surface area contributed by atoms with Crippen molar-refractivity contribution in [3.8, 4) is 0 Å². The van der Waals surface area contributed by atoms with E-state index in [1.807, 2.05) is 0 Å². The minimum atomic E-state index is 0.512. The van der Waals surface area contributed by atoms with Crippen molar-refractivity contribution in [2.75, 3.05) is 0 Å². The molecule has 2 aliphatic rings. The third-order valence-electron chi connectivity index (χ3n) is 2.69. The molecular formula is C10H14. The minimum Gasteiger partial charge on any atom is -0.0879 e. The number of rotatable bonds is 0. The number of allylic oxidation sites excluding steroid dienone is 4. The van der Waals surface area contributed by atoms with E-state index in [-0.39, 0.29) is 0 Å². The van der Waals surface area contributed by atoms with Gasteiger partial charge in [-0.05, 0) is 30.6 Å². The molecule has 0 aromatic carbocycles. The molecule has 2 unspecified atom stereocenters. The standard InChI is InChI=1S/C10H14/c1-10-6-3-2-4-9(8-10)5-7-10/h2-3,5,7,9H,4,6,8H2,1H3. The van der Waals surface area contributed by atoms with E-state index in [4.69, 9.17) is 0 Å². The van der Waals surface area contributed by atoms with Gasteiger partial charge < -0.3 is 0 Å². The highest BCUT2D eigenvalue weighted by molar-refractivity contribution is 5.14. The van der Waals surface area contributed by atoms with Gasteiger partial charge in [0.15, 0.2) is 0 Å². The number of hydrogen-bond acceptors (Lipinski definition) is 0. The molecular weight excluding hydrogens is 120 g/mol. The third kappa shape index (κ3) is 0.920. The molecule has 0 aromatic heterocycles. The molecule has 2 bridgehead atoms. The Balaban J connectivity index is 2.25. The molecule has 2 rings (SSSR count). The van der Waals surface area contributed by atoms with Gasteiger partial charge in [-0.1, -0.05) is 31.2 Å². The lowest BCUT2D eigenvalue weighted by Gasteiger charge is -2.19. The first-order chi connectivity index (χ1) is 4.79. The first-order valence-electron chi connectivity index (χ1n) is 4.13. The zero-order valence-corrected chi connectivity index (χ0v) is 6.51. The molecule has 0 nitrogen and oxygen atoms in total. The maximum atomic E-state index is 2.40.